The van der Waals surface area contributed by atoms with Crippen LogP contribution >= 0.6 is 0 Å². The normalized spacial score (nSPS) is 17.2. The molecule has 1 atom stereocenters. The molecule has 1 aromatic carbocycles. The van der Waals surface area contributed by atoms with Crippen molar-refractivity contribution in [2.45, 2.75) is 19.4 Å². The lowest BCUT2D eigenvalue weighted by Crippen LogP contribution is -2.38. The van der Waals surface area contributed by atoms with Crippen LogP contribution in [0.15, 0.2) is 34.9 Å². The Balaban J connectivity index is 1.76. The number of nitrogens with one attached hydrogen (secondary N) is 1. The zero-order valence-corrected chi connectivity index (χ0v) is 10.8. The maximum atomic E-state index is 12.1. The smallest absolute Gasteiger partial charge is 0.339 e. The molecule has 0 saturated carbocycles. The van der Waals surface area contributed by atoms with Gasteiger partial charge in [0, 0.05) is 12.5 Å². The molecule has 2 heterocycles. The SMILES string of the molecule is Cc1cc(NC(=O)[C@H]2Cc3ccccc3C(=O)O2)no1. The first-order chi connectivity index (χ1) is 9.63. The Morgan fingerprint density at radius 2 is 2.20 bits per heavy atom. The van der Waals surface area contributed by atoms with Crippen LogP contribution in [0.3, 0.4) is 0 Å². The molecule has 3 rings (SSSR count). The molecule has 0 unspecified atom stereocenters. The van der Waals surface area contributed by atoms with Crippen LogP contribution in [0.2, 0.25) is 0 Å². The van der Waals surface area contributed by atoms with Crippen LogP contribution in [0, 0.1) is 6.92 Å². The van der Waals surface area contributed by atoms with Crippen molar-refractivity contribution in [3.63, 3.8) is 0 Å². The van der Waals surface area contributed by atoms with Crippen molar-refractivity contribution < 1.29 is 18.8 Å². The number of benzene rings is 1. The minimum atomic E-state index is -0.852. The lowest BCUT2D eigenvalue weighted by atomic mass is 9.98. The van der Waals surface area contributed by atoms with E-state index in [1.807, 2.05) is 12.1 Å². The van der Waals surface area contributed by atoms with Crippen LogP contribution in [-0.2, 0) is 16.0 Å². The largest absolute Gasteiger partial charge is 0.448 e. The number of nitrogens with zero attached hydrogens (tertiary/aromatic N) is 1. The molecule has 1 aromatic heterocycles. The van der Waals surface area contributed by atoms with Gasteiger partial charge in [-0.05, 0) is 18.6 Å². The number of anilines is 1. The molecular formula is C14H12N2O4. The summed E-state index contributed by atoms with van der Waals surface area (Å²) in [6, 6.07) is 8.69. The van der Waals surface area contributed by atoms with Crippen molar-refractivity contribution in [1.29, 1.82) is 0 Å². The van der Waals surface area contributed by atoms with Crippen molar-refractivity contribution in [3.8, 4) is 0 Å². The topological polar surface area (TPSA) is 81.4 Å². The Morgan fingerprint density at radius 3 is 2.95 bits per heavy atom. The van der Waals surface area contributed by atoms with Crippen LogP contribution in [-0.4, -0.2) is 23.1 Å². The van der Waals surface area contributed by atoms with E-state index >= 15 is 0 Å². The van der Waals surface area contributed by atoms with Crippen LogP contribution < -0.4 is 5.32 Å². The Kier molecular flexibility index (Phi) is 2.98. The van der Waals surface area contributed by atoms with E-state index in [9.17, 15) is 9.59 Å². The number of hydrogen-bond acceptors (Lipinski definition) is 5. The van der Waals surface area contributed by atoms with Gasteiger partial charge in [0.25, 0.3) is 5.91 Å². The van der Waals surface area contributed by atoms with Crippen LogP contribution in [0.4, 0.5) is 5.82 Å². The molecule has 20 heavy (non-hydrogen) atoms. The van der Waals surface area contributed by atoms with Gasteiger partial charge in [-0.2, -0.15) is 0 Å². The van der Waals surface area contributed by atoms with Crippen LogP contribution in [0.25, 0.3) is 0 Å². The van der Waals surface area contributed by atoms with E-state index in [1.165, 1.54) is 0 Å². The second-order valence-corrected chi connectivity index (χ2v) is 4.57. The Morgan fingerprint density at radius 1 is 1.40 bits per heavy atom. The molecule has 1 amide bonds. The summed E-state index contributed by atoms with van der Waals surface area (Å²) in [4.78, 5) is 23.9. The molecule has 102 valence electrons. The number of carbonyl (C=O) groups is 2. The predicted octanol–water partition coefficient (Wildman–Crippen LogP) is 1.70. The summed E-state index contributed by atoms with van der Waals surface area (Å²) in [6.45, 7) is 1.72. The zero-order chi connectivity index (χ0) is 14.1. The quantitative estimate of drug-likeness (QED) is 0.841. The molecule has 0 aliphatic carbocycles. The highest BCUT2D eigenvalue weighted by Crippen LogP contribution is 2.21. The number of aromatic nitrogens is 1. The fourth-order valence-corrected chi connectivity index (χ4v) is 2.11. The lowest BCUT2D eigenvalue weighted by Gasteiger charge is -2.23. The second-order valence-electron chi connectivity index (χ2n) is 4.57. The third-order valence-corrected chi connectivity index (χ3v) is 3.06. The molecule has 0 fully saturated rings. The molecule has 0 spiro atoms. The molecule has 6 heteroatoms. The highest BCUT2D eigenvalue weighted by atomic mass is 16.5. The van der Waals surface area contributed by atoms with E-state index in [1.54, 1.807) is 25.1 Å². The van der Waals surface area contributed by atoms with Gasteiger partial charge in [-0.25, -0.2) is 4.79 Å². The minimum Gasteiger partial charge on any atom is -0.448 e. The van der Waals surface area contributed by atoms with Gasteiger partial charge in [0.2, 0.25) is 0 Å². The number of amides is 1. The Hall–Kier alpha value is -2.63. The predicted molar refractivity (Wildman–Crippen MR) is 69.2 cm³/mol. The number of esters is 1. The third kappa shape index (κ3) is 2.27. The zero-order valence-electron chi connectivity index (χ0n) is 10.8. The van der Waals surface area contributed by atoms with Crippen molar-refractivity contribution >= 4 is 17.7 Å². The van der Waals surface area contributed by atoms with Gasteiger partial charge in [0.05, 0.1) is 5.56 Å². The molecule has 0 saturated heterocycles. The molecule has 6 nitrogen and oxygen atoms in total. The van der Waals surface area contributed by atoms with Gasteiger partial charge in [-0.3, -0.25) is 4.79 Å². The van der Waals surface area contributed by atoms with Crippen molar-refractivity contribution in [2.24, 2.45) is 0 Å². The summed E-state index contributed by atoms with van der Waals surface area (Å²) in [6.07, 6.45) is -0.501. The number of fused-ring (bicyclic) bond motifs is 1. The third-order valence-electron chi connectivity index (χ3n) is 3.06. The van der Waals surface area contributed by atoms with Gasteiger partial charge in [0.1, 0.15) is 5.76 Å². The number of carbonyl (C=O) groups excluding carboxylic acids is 2. The maximum Gasteiger partial charge on any atom is 0.339 e. The van der Waals surface area contributed by atoms with E-state index in [0.29, 0.717) is 23.6 Å². The van der Waals surface area contributed by atoms with E-state index in [0.717, 1.165) is 5.56 Å². The average molecular weight is 272 g/mol. The Bertz CT molecular complexity index is 677. The first-order valence-corrected chi connectivity index (χ1v) is 6.16. The summed E-state index contributed by atoms with van der Waals surface area (Å²) in [7, 11) is 0. The Labute approximate surface area is 114 Å². The fourth-order valence-electron chi connectivity index (χ4n) is 2.11. The standard InChI is InChI=1S/C14H12N2O4/c1-8-6-12(16-20-8)15-13(17)11-7-9-4-2-3-5-10(9)14(18)19-11/h2-6,11H,7H2,1H3,(H,15,16,17)/t11-/m1/s1. The van der Waals surface area contributed by atoms with E-state index in [2.05, 4.69) is 10.5 Å². The summed E-state index contributed by atoms with van der Waals surface area (Å²) in [5.41, 5.74) is 1.31. The molecular weight excluding hydrogens is 260 g/mol. The van der Waals surface area contributed by atoms with E-state index in [4.69, 9.17) is 9.26 Å². The molecule has 0 bridgehead atoms. The van der Waals surface area contributed by atoms with Gasteiger partial charge >= 0.3 is 5.97 Å². The first-order valence-electron chi connectivity index (χ1n) is 6.16. The van der Waals surface area contributed by atoms with Gasteiger partial charge in [0.15, 0.2) is 11.9 Å². The first kappa shape index (κ1) is 12.4. The molecule has 2 aromatic rings. The molecule has 0 radical (unpaired) electrons. The maximum absolute atomic E-state index is 12.1. The van der Waals surface area contributed by atoms with E-state index in [-0.39, 0.29) is 0 Å². The summed E-state index contributed by atoms with van der Waals surface area (Å²) in [5, 5.41) is 6.23. The van der Waals surface area contributed by atoms with Crippen LogP contribution in [0.1, 0.15) is 21.7 Å². The molecule has 1 aliphatic heterocycles. The fraction of sp³-hybridized carbons (Fsp3) is 0.214. The van der Waals surface area contributed by atoms with Gasteiger partial charge in [-0.15, -0.1) is 0 Å². The highest BCUT2D eigenvalue weighted by Gasteiger charge is 2.31. The van der Waals surface area contributed by atoms with Crippen molar-refractivity contribution in [1.82, 2.24) is 5.16 Å². The van der Waals surface area contributed by atoms with Crippen molar-refractivity contribution in [3.05, 3.63) is 47.2 Å². The van der Waals surface area contributed by atoms with Crippen molar-refractivity contribution in [2.75, 3.05) is 5.32 Å². The number of cyclic esters (lactones) is 1. The number of hydrogen-bond donors (Lipinski definition) is 1. The summed E-state index contributed by atoms with van der Waals surface area (Å²) < 4.78 is 10.0. The number of aryl methyl sites for hydroxylation is 1. The molecule has 1 aliphatic rings. The van der Waals surface area contributed by atoms with Gasteiger partial charge in [-0.1, -0.05) is 23.4 Å². The van der Waals surface area contributed by atoms with Gasteiger partial charge < -0.3 is 14.6 Å². The average Bonchev–Trinajstić information content (AvgIpc) is 2.84. The lowest BCUT2D eigenvalue weighted by molar-refractivity contribution is -0.125. The summed E-state index contributed by atoms with van der Waals surface area (Å²) >= 11 is 0. The monoisotopic (exact) mass is 272 g/mol. The van der Waals surface area contributed by atoms with E-state index < -0.39 is 18.0 Å². The second kappa shape index (κ2) is 4.80. The number of rotatable bonds is 2. The summed E-state index contributed by atoms with van der Waals surface area (Å²) in [5.74, 6) is -0.00169. The number of ether oxygens (including phenoxy) is 1. The molecule has 1 N–H and O–H groups in total. The minimum absolute atomic E-state index is 0.308. The van der Waals surface area contributed by atoms with Crippen LogP contribution in [0.5, 0.6) is 0 Å². The highest BCUT2D eigenvalue weighted by molar-refractivity contribution is 5.99.